The van der Waals surface area contributed by atoms with Gasteiger partial charge in [0.2, 0.25) is 0 Å². The summed E-state index contributed by atoms with van der Waals surface area (Å²) >= 11 is 11.8. The number of hydrogen-bond acceptors (Lipinski definition) is 4. The van der Waals surface area contributed by atoms with Crippen LogP contribution in [0.1, 0.15) is 37.0 Å². The van der Waals surface area contributed by atoms with Crippen molar-refractivity contribution in [3.05, 3.63) is 52.0 Å². The highest BCUT2D eigenvalue weighted by Gasteiger charge is 2.25. The summed E-state index contributed by atoms with van der Waals surface area (Å²) in [7, 11) is -2.06. The van der Waals surface area contributed by atoms with Crippen molar-refractivity contribution in [1.82, 2.24) is 0 Å². The number of nitrogens with one attached hydrogen (secondary N) is 1. The van der Waals surface area contributed by atoms with Gasteiger partial charge in [-0.25, -0.2) is 8.42 Å². The van der Waals surface area contributed by atoms with Crippen molar-refractivity contribution in [2.75, 3.05) is 12.4 Å². The van der Waals surface area contributed by atoms with Crippen molar-refractivity contribution in [3.63, 3.8) is 0 Å². The van der Waals surface area contributed by atoms with E-state index in [0.29, 0.717) is 29.2 Å². The summed E-state index contributed by atoms with van der Waals surface area (Å²) in [6, 6.07) is 8.92. The predicted octanol–water partition coefficient (Wildman–Crippen LogP) is 5.22. The number of anilines is 1. The van der Waals surface area contributed by atoms with Gasteiger partial charge in [-0.3, -0.25) is 4.79 Å². The summed E-state index contributed by atoms with van der Waals surface area (Å²) in [5.74, 6) is -0.101. The molecule has 0 aliphatic rings. The minimum absolute atomic E-state index is 0.140. The Morgan fingerprint density at radius 2 is 1.74 bits per heavy atom. The number of methoxy groups -OCH3 is 1. The third-order valence-corrected chi connectivity index (χ3v) is 7.47. The molecular formula is C19H21Cl2NO4S. The third kappa shape index (κ3) is 4.75. The topological polar surface area (TPSA) is 72.5 Å². The van der Waals surface area contributed by atoms with Crippen LogP contribution in [-0.2, 0) is 9.84 Å². The van der Waals surface area contributed by atoms with Gasteiger partial charge in [-0.1, -0.05) is 37.0 Å². The second kappa shape index (κ2) is 8.95. The summed E-state index contributed by atoms with van der Waals surface area (Å²) < 4.78 is 30.8. The van der Waals surface area contributed by atoms with Crippen LogP contribution in [0.3, 0.4) is 0 Å². The molecule has 5 nitrogen and oxygen atoms in total. The fourth-order valence-electron chi connectivity index (χ4n) is 2.71. The van der Waals surface area contributed by atoms with E-state index in [0.717, 1.165) is 0 Å². The largest absolute Gasteiger partial charge is 0.495 e. The molecule has 0 atom stereocenters. The minimum atomic E-state index is -3.51. The van der Waals surface area contributed by atoms with Crippen LogP contribution in [-0.4, -0.2) is 26.7 Å². The van der Waals surface area contributed by atoms with Gasteiger partial charge >= 0.3 is 0 Å². The Bertz CT molecular complexity index is 941. The van der Waals surface area contributed by atoms with Crippen LogP contribution in [0.5, 0.6) is 5.75 Å². The second-order valence-corrected chi connectivity index (χ2v) is 8.97. The number of rotatable bonds is 7. The SMILES string of the molecule is CCC(CC)S(=O)(=O)c1ccc(OC)c(NC(=O)c2ccc(Cl)c(Cl)c2)c1. The van der Waals surface area contributed by atoms with E-state index >= 15 is 0 Å². The molecule has 2 rings (SSSR count). The van der Waals surface area contributed by atoms with Crippen LogP contribution in [0.2, 0.25) is 10.0 Å². The molecule has 8 heteroatoms. The van der Waals surface area contributed by atoms with Gasteiger partial charge in [-0.05, 0) is 49.2 Å². The van der Waals surface area contributed by atoms with E-state index in [1.807, 2.05) is 13.8 Å². The average molecular weight is 430 g/mol. The number of hydrogen-bond donors (Lipinski definition) is 1. The van der Waals surface area contributed by atoms with Gasteiger partial charge in [-0.2, -0.15) is 0 Å². The Balaban J connectivity index is 2.40. The fraction of sp³-hybridized carbons (Fsp3) is 0.316. The van der Waals surface area contributed by atoms with Crippen molar-refractivity contribution in [2.45, 2.75) is 36.8 Å². The smallest absolute Gasteiger partial charge is 0.255 e. The van der Waals surface area contributed by atoms with Crippen LogP contribution in [0.4, 0.5) is 5.69 Å². The molecule has 0 saturated heterocycles. The van der Waals surface area contributed by atoms with Gasteiger partial charge in [0.1, 0.15) is 5.75 Å². The van der Waals surface area contributed by atoms with E-state index in [4.69, 9.17) is 27.9 Å². The number of sulfone groups is 1. The lowest BCUT2D eigenvalue weighted by atomic mass is 10.2. The van der Waals surface area contributed by atoms with Gasteiger partial charge in [0, 0.05) is 5.56 Å². The van der Waals surface area contributed by atoms with Crippen molar-refractivity contribution in [2.24, 2.45) is 0 Å². The molecule has 0 aromatic heterocycles. The summed E-state index contributed by atoms with van der Waals surface area (Å²) in [6.07, 6.45) is 1.02. The molecule has 0 spiro atoms. The molecule has 0 saturated carbocycles. The lowest BCUT2D eigenvalue weighted by Gasteiger charge is -2.16. The first kappa shape index (κ1) is 21.5. The Morgan fingerprint density at radius 1 is 1.07 bits per heavy atom. The molecule has 146 valence electrons. The van der Waals surface area contributed by atoms with Crippen molar-refractivity contribution >= 4 is 44.6 Å². The van der Waals surface area contributed by atoms with Gasteiger partial charge in [0.25, 0.3) is 5.91 Å². The lowest BCUT2D eigenvalue weighted by Crippen LogP contribution is -2.20. The minimum Gasteiger partial charge on any atom is -0.495 e. The maximum atomic E-state index is 12.8. The molecule has 0 aliphatic heterocycles. The summed E-state index contributed by atoms with van der Waals surface area (Å²) in [6.45, 7) is 3.67. The molecule has 2 aromatic rings. The molecule has 1 amide bonds. The summed E-state index contributed by atoms with van der Waals surface area (Å²) in [4.78, 5) is 12.7. The first-order valence-corrected chi connectivity index (χ1v) is 10.7. The average Bonchev–Trinajstić information content (AvgIpc) is 2.64. The Labute approximate surface area is 169 Å². The molecular weight excluding hydrogens is 409 g/mol. The van der Waals surface area contributed by atoms with Gasteiger partial charge in [0.05, 0.1) is 33.0 Å². The molecule has 0 heterocycles. The van der Waals surface area contributed by atoms with Crippen LogP contribution in [0, 0.1) is 0 Å². The van der Waals surface area contributed by atoms with Crippen molar-refractivity contribution < 1.29 is 17.9 Å². The molecule has 0 radical (unpaired) electrons. The number of carbonyl (C=O) groups is 1. The molecule has 0 fully saturated rings. The Morgan fingerprint density at radius 3 is 2.30 bits per heavy atom. The maximum Gasteiger partial charge on any atom is 0.255 e. The fourth-order valence-corrected chi connectivity index (χ4v) is 4.81. The second-order valence-electron chi connectivity index (χ2n) is 5.93. The summed E-state index contributed by atoms with van der Waals surface area (Å²) in [5, 5.41) is 2.79. The number of benzene rings is 2. The third-order valence-electron chi connectivity index (χ3n) is 4.28. The maximum absolute atomic E-state index is 12.8. The molecule has 1 N–H and O–H groups in total. The van der Waals surface area contributed by atoms with Gasteiger partial charge in [-0.15, -0.1) is 0 Å². The van der Waals surface area contributed by atoms with E-state index in [1.165, 1.54) is 43.5 Å². The van der Waals surface area contributed by atoms with E-state index in [2.05, 4.69) is 5.32 Å². The zero-order chi connectivity index (χ0) is 20.2. The highest BCUT2D eigenvalue weighted by atomic mass is 35.5. The van der Waals surface area contributed by atoms with Crippen molar-refractivity contribution in [1.29, 1.82) is 0 Å². The first-order chi connectivity index (χ1) is 12.7. The normalized spacial score (nSPS) is 11.5. The van der Waals surface area contributed by atoms with Crippen LogP contribution in [0.15, 0.2) is 41.3 Å². The van der Waals surface area contributed by atoms with Gasteiger partial charge < -0.3 is 10.1 Å². The Hall–Kier alpha value is -1.76. The van der Waals surface area contributed by atoms with Crippen LogP contribution < -0.4 is 10.1 Å². The molecule has 27 heavy (non-hydrogen) atoms. The number of ether oxygens (including phenoxy) is 1. The van der Waals surface area contributed by atoms with E-state index in [-0.39, 0.29) is 15.6 Å². The van der Waals surface area contributed by atoms with E-state index in [9.17, 15) is 13.2 Å². The van der Waals surface area contributed by atoms with Crippen LogP contribution in [0.25, 0.3) is 0 Å². The Kier molecular flexibility index (Phi) is 7.14. The molecule has 0 aliphatic carbocycles. The van der Waals surface area contributed by atoms with Crippen LogP contribution >= 0.6 is 23.2 Å². The monoisotopic (exact) mass is 429 g/mol. The molecule has 0 unspecified atom stereocenters. The highest BCUT2D eigenvalue weighted by Crippen LogP contribution is 2.31. The summed E-state index contributed by atoms with van der Waals surface area (Å²) in [5.41, 5.74) is 0.556. The predicted molar refractivity (Wildman–Crippen MR) is 109 cm³/mol. The highest BCUT2D eigenvalue weighted by molar-refractivity contribution is 7.92. The number of halogens is 2. The van der Waals surface area contributed by atoms with E-state index in [1.54, 1.807) is 0 Å². The lowest BCUT2D eigenvalue weighted by molar-refractivity contribution is 0.102. The van der Waals surface area contributed by atoms with Crippen molar-refractivity contribution in [3.8, 4) is 5.75 Å². The number of carbonyl (C=O) groups excluding carboxylic acids is 1. The number of amides is 1. The zero-order valence-corrected chi connectivity index (χ0v) is 17.6. The first-order valence-electron chi connectivity index (χ1n) is 8.42. The quantitative estimate of drug-likeness (QED) is 0.654. The molecule has 2 aromatic carbocycles. The molecule has 0 bridgehead atoms. The van der Waals surface area contributed by atoms with E-state index < -0.39 is 21.0 Å². The standard InChI is InChI=1S/C19H21Cl2NO4S/c1-4-13(5-2)27(24,25)14-7-9-18(26-3)17(11-14)22-19(23)12-6-8-15(20)16(21)10-12/h6-11,13H,4-5H2,1-3H3,(H,22,23). The van der Waals surface area contributed by atoms with Gasteiger partial charge in [0.15, 0.2) is 9.84 Å². The zero-order valence-electron chi connectivity index (χ0n) is 15.3.